The lowest BCUT2D eigenvalue weighted by Gasteiger charge is -2.26. The molecule has 22 heavy (non-hydrogen) atoms. The van der Waals surface area contributed by atoms with Gasteiger partial charge in [-0.25, -0.2) is 13.1 Å². The van der Waals surface area contributed by atoms with Gasteiger partial charge in [0.05, 0.1) is 11.5 Å². The van der Waals surface area contributed by atoms with Gasteiger partial charge in [-0.05, 0) is 31.9 Å². The minimum absolute atomic E-state index is 0.0723. The van der Waals surface area contributed by atoms with Gasteiger partial charge in [0.2, 0.25) is 15.9 Å². The molecule has 0 aromatic heterocycles. The number of benzene rings is 1. The summed E-state index contributed by atoms with van der Waals surface area (Å²) in [6.07, 6.45) is 0. The highest BCUT2D eigenvalue weighted by Gasteiger charge is 2.22. The first-order valence-corrected chi connectivity index (χ1v) is 8.72. The standard InChI is InChI=1S/C15H22N2O4S/c1-11-8-12(2)15(13(3)9-11)22(19,20)16-4-5-17-6-7-21-10-14(17)18/h8-9,16H,4-7,10H2,1-3H3. The van der Waals surface area contributed by atoms with Crippen LogP contribution in [0.5, 0.6) is 0 Å². The van der Waals surface area contributed by atoms with Gasteiger partial charge in [-0.1, -0.05) is 17.7 Å². The van der Waals surface area contributed by atoms with E-state index < -0.39 is 10.0 Å². The van der Waals surface area contributed by atoms with Crippen LogP contribution in [0.4, 0.5) is 0 Å². The molecule has 1 N–H and O–H groups in total. The largest absolute Gasteiger partial charge is 0.370 e. The molecule has 0 unspecified atom stereocenters. The van der Waals surface area contributed by atoms with E-state index in [1.54, 1.807) is 18.7 Å². The molecule has 0 aliphatic carbocycles. The molecule has 1 aliphatic rings. The number of sulfonamides is 1. The third kappa shape index (κ3) is 3.85. The zero-order chi connectivity index (χ0) is 16.3. The maximum absolute atomic E-state index is 12.5. The SMILES string of the molecule is Cc1cc(C)c(S(=O)(=O)NCCN2CCOCC2=O)c(C)c1. The van der Waals surface area contributed by atoms with Crippen molar-refractivity contribution < 1.29 is 17.9 Å². The predicted octanol–water partition coefficient (Wildman–Crippen LogP) is 0.749. The van der Waals surface area contributed by atoms with Gasteiger partial charge in [0.15, 0.2) is 0 Å². The van der Waals surface area contributed by atoms with E-state index in [0.717, 1.165) is 16.7 Å². The number of morpholine rings is 1. The van der Waals surface area contributed by atoms with Gasteiger partial charge in [-0.15, -0.1) is 0 Å². The quantitative estimate of drug-likeness (QED) is 0.866. The Morgan fingerprint density at radius 3 is 2.45 bits per heavy atom. The lowest BCUT2D eigenvalue weighted by Crippen LogP contribution is -2.45. The molecule has 1 fully saturated rings. The number of nitrogens with one attached hydrogen (secondary N) is 1. The summed E-state index contributed by atoms with van der Waals surface area (Å²) in [6, 6.07) is 3.71. The van der Waals surface area contributed by atoms with Gasteiger partial charge in [0.25, 0.3) is 0 Å². The molecule has 0 bridgehead atoms. The van der Waals surface area contributed by atoms with Crippen LogP contribution in [0.3, 0.4) is 0 Å². The maximum atomic E-state index is 12.5. The Labute approximate surface area is 131 Å². The number of carbonyl (C=O) groups is 1. The molecule has 0 spiro atoms. The van der Waals surface area contributed by atoms with E-state index in [1.165, 1.54) is 0 Å². The van der Waals surface area contributed by atoms with Crippen molar-refractivity contribution in [3.8, 4) is 0 Å². The predicted molar refractivity (Wildman–Crippen MR) is 83.2 cm³/mol. The van der Waals surface area contributed by atoms with Crippen LogP contribution in [0, 0.1) is 20.8 Å². The third-order valence-corrected chi connectivity index (χ3v) is 5.40. The van der Waals surface area contributed by atoms with Gasteiger partial charge in [-0.3, -0.25) is 4.79 Å². The first-order chi connectivity index (χ1) is 10.3. The molecule has 1 amide bonds. The van der Waals surface area contributed by atoms with Crippen LogP contribution in [0.25, 0.3) is 0 Å². The molecule has 0 saturated carbocycles. The van der Waals surface area contributed by atoms with Crippen LogP contribution in [-0.2, 0) is 19.6 Å². The van der Waals surface area contributed by atoms with Gasteiger partial charge in [0, 0.05) is 19.6 Å². The number of aryl methyl sites for hydroxylation is 3. The number of rotatable bonds is 5. The Balaban J connectivity index is 2.04. The van der Waals surface area contributed by atoms with E-state index in [4.69, 9.17) is 4.74 Å². The van der Waals surface area contributed by atoms with E-state index in [-0.39, 0.29) is 19.1 Å². The van der Waals surface area contributed by atoms with E-state index in [2.05, 4.69) is 4.72 Å². The maximum Gasteiger partial charge on any atom is 0.248 e. The van der Waals surface area contributed by atoms with E-state index in [1.807, 2.05) is 19.1 Å². The lowest BCUT2D eigenvalue weighted by atomic mass is 10.1. The summed E-state index contributed by atoms with van der Waals surface area (Å²) in [7, 11) is -3.58. The van der Waals surface area contributed by atoms with Gasteiger partial charge < -0.3 is 9.64 Å². The molecule has 0 atom stereocenters. The fourth-order valence-electron chi connectivity index (χ4n) is 2.76. The van der Waals surface area contributed by atoms with Gasteiger partial charge in [0.1, 0.15) is 6.61 Å². The summed E-state index contributed by atoms with van der Waals surface area (Å²) < 4.78 is 32.6. The Kier molecular flexibility index (Phi) is 5.20. The van der Waals surface area contributed by atoms with Crippen LogP contribution in [-0.4, -0.2) is 52.1 Å². The summed E-state index contributed by atoms with van der Waals surface area (Å²) in [6.45, 7) is 7.14. The number of nitrogens with zero attached hydrogens (tertiary/aromatic N) is 1. The topological polar surface area (TPSA) is 75.7 Å². The average molecular weight is 326 g/mol. The van der Waals surface area contributed by atoms with Crippen molar-refractivity contribution >= 4 is 15.9 Å². The normalized spacial score (nSPS) is 16.1. The first-order valence-electron chi connectivity index (χ1n) is 7.24. The monoisotopic (exact) mass is 326 g/mol. The molecule has 1 heterocycles. The highest BCUT2D eigenvalue weighted by molar-refractivity contribution is 7.89. The van der Waals surface area contributed by atoms with Crippen molar-refractivity contribution in [1.82, 2.24) is 9.62 Å². The minimum Gasteiger partial charge on any atom is -0.370 e. The molecule has 7 heteroatoms. The number of carbonyl (C=O) groups excluding carboxylic acids is 1. The van der Waals surface area contributed by atoms with Gasteiger partial charge >= 0.3 is 0 Å². The van der Waals surface area contributed by atoms with Crippen LogP contribution in [0.15, 0.2) is 17.0 Å². The summed E-state index contributed by atoms with van der Waals surface area (Å²) in [5, 5.41) is 0. The second-order valence-electron chi connectivity index (χ2n) is 5.56. The van der Waals surface area contributed by atoms with Crippen molar-refractivity contribution in [3.05, 3.63) is 28.8 Å². The second-order valence-corrected chi connectivity index (χ2v) is 7.26. The summed E-state index contributed by atoms with van der Waals surface area (Å²) in [5.74, 6) is -0.104. The molecule has 2 rings (SSSR count). The molecular formula is C15H22N2O4S. The smallest absolute Gasteiger partial charge is 0.248 e. The van der Waals surface area contributed by atoms with Gasteiger partial charge in [-0.2, -0.15) is 0 Å². The summed E-state index contributed by atoms with van der Waals surface area (Å²) >= 11 is 0. The molecule has 1 aliphatic heterocycles. The van der Waals surface area contributed by atoms with E-state index in [9.17, 15) is 13.2 Å². The highest BCUT2D eigenvalue weighted by Crippen LogP contribution is 2.21. The molecule has 1 aromatic rings. The van der Waals surface area contributed by atoms with Crippen LogP contribution in [0.2, 0.25) is 0 Å². The molecule has 6 nitrogen and oxygen atoms in total. The Bertz CT molecular complexity index is 647. The fourth-order valence-corrected chi connectivity index (χ4v) is 4.23. The van der Waals surface area contributed by atoms with Crippen LogP contribution >= 0.6 is 0 Å². The van der Waals surface area contributed by atoms with E-state index in [0.29, 0.717) is 24.6 Å². The fraction of sp³-hybridized carbons (Fsp3) is 0.533. The number of ether oxygens (including phenoxy) is 1. The molecule has 122 valence electrons. The second kappa shape index (κ2) is 6.76. The minimum atomic E-state index is -3.58. The van der Waals surface area contributed by atoms with Crippen molar-refractivity contribution in [2.45, 2.75) is 25.7 Å². The molecular weight excluding hydrogens is 304 g/mol. The van der Waals surface area contributed by atoms with Crippen molar-refractivity contribution in [2.75, 3.05) is 32.8 Å². The van der Waals surface area contributed by atoms with Crippen molar-refractivity contribution in [1.29, 1.82) is 0 Å². The molecule has 0 radical (unpaired) electrons. The summed E-state index contributed by atoms with van der Waals surface area (Å²) in [5.41, 5.74) is 2.49. The zero-order valence-electron chi connectivity index (χ0n) is 13.2. The van der Waals surface area contributed by atoms with E-state index >= 15 is 0 Å². The lowest BCUT2D eigenvalue weighted by molar-refractivity contribution is -0.142. The average Bonchev–Trinajstić information content (AvgIpc) is 2.39. The third-order valence-electron chi connectivity index (χ3n) is 3.63. The number of hydrogen-bond acceptors (Lipinski definition) is 4. The molecule has 1 saturated heterocycles. The Morgan fingerprint density at radius 1 is 1.23 bits per heavy atom. The highest BCUT2D eigenvalue weighted by atomic mass is 32.2. The van der Waals surface area contributed by atoms with Crippen LogP contribution < -0.4 is 4.72 Å². The zero-order valence-corrected chi connectivity index (χ0v) is 14.0. The van der Waals surface area contributed by atoms with Crippen LogP contribution in [0.1, 0.15) is 16.7 Å². The Hall–Kier alpha value is -1.44. The number of amides is 1. The first kappa shape index (κ1) is 16.9. The number of hydrogen-bond donors (Lipinski definition) is 1. The van der Waals surface area contributed by atoms with Crippen molar-refractivity contribution in [3.63, 3.8) is 0 Å². The van der Waals surface area contributed by atoms with Crippen molar-refractivity contribution in [2.24, 2.45) is 0 Å². The Morgan fingerprint density at radius 2 is 1.86 bits per heavy atom. The molecule has 1 aromatic carbocycles. The summed E-state index contributed by atoms with van der Waals surface area (Å²) in [4.78, 5) is 13.5.